The van der Waals surface area contributed by atoms with Crippen LogP contribution in [0.5, 0.6) is 0 Å². The Kier molecular flexibility index (Phi) is 1.82. The summed E-state index contributed by atoms with van der Waals surface area (Å²) in [7, 11) is 0. The van der Waals surface area contributed by atoms with Crippen LogP contribution in [0.2, 0.25) is 0 Å². The molecule has 5 heteroatoms. The summed E-state index contributed by atoms with van der Waals surface area (Å²) >= 11 is 0. The van der Waals surface area contributed by atoms with E-state index in [1.54, 1.807) is 0 Å². The van der Waals surface area contributed by atoms with E-state index in [1.165, 1.54) is 10.9 Å². The Bertz CT molecular complexity index is 285. The zero-order chi connectivity index (χ0) is 8.48. The quantitative estimate of drug-likeness (QED) is 0.592. The van der Waals surface area contributed by atoms with Crippen molar-refractivity contribution in [2.75, 3.05) is 6.54 Å². The number of nitrogens with zero attached hydrogens (tertiary/aromatic N) is 2. The van der Waals surface area contributed by atoms with Crippen molar-refractivity contribution < 1.29 is 0 Å². The van der Waals surface area contributed by atoms with Gasteiger partial charge in [0.25, 0.3) is 0 Å². The zero-order valence-electron chi connectivity index (χ0n) is 6.66. The second kappa shape index (κ2) is 2.50. The fourth-order valence-electron chi connectivity index (χ4n) is 0.778. The molecule has 1 rings (SSSR count). The van der Waals surface area contributed by atoms with Gasteiger partial charge in [0.2, 0.25) is 0 Å². The van der Waals surface area contributed by atoms with Gasteiger partial charge in [0.15, 0.2) is 0 Å². The lowest BCUT2D eigenvalue weighted by Gasteiger charge is -2.22. The summed E-state index contributed by atoms with van der Waals surface area (Å²) in [6.07, 6.45) is 1.45. The van der Waals surface area contributed by atoms with E-state index in [2.05, 4.69) is 10.2 Å². The van der Waals surface area contributed by atoms with Crippen LogP contribution in [0.4, 0.5) is 0 Å². The minimum Gasteiger partial charge on any atom is -0.328 e. The summed E-state index contributed by atoms with van der Waals surface area (Å²) < 4.78 is 1.48. The van der Waals surface area contributed by atoms with E-state index in [9.17, 15) is 4.79 Å². The molecule has 0 atom stereocenters. The van der Waals surface area contributed by atoms with Crippen molar-refractivity contribution in [2.24, 2.45) is 5.73 Å². The van der Waals surface area contributed by atoms with E-state index < -0.39 is 0 Å². The maximum absolute atomic E-state index is 11.0. The van der Waals surface area contributed by atoms with Gasteiger partial charge in [0, 0.05) is 6.54 Å². The molecule has 1 aromatic rings. The molecule has 0 saturated heterocycles. The van der Waals surface area contributed by atoms with Crippen LogP contribution in [0.25, 0.3) is 0 Å². The maximum Gasteiger partial charge on any atom is 0.343 e. The number of hydrogen-bond acceptors (Lipinski definition) is 3. The number of aromatic nitrogens is 3. The lowest BCUT2D eigenvalue weighted by molar-refractivity contribution is 0.356. The second-order valence-electron chi connectivity index (χ2n) is 3.05. The first-order valence-electron chi connectivity index (χ1n) is 3.40. The summed E-state index contributed by atoms with van der Waals surface area (Å²) in [6, 6.07) is 0. The maximum atomic E-state index is 11.0. The van der Waals surface area contributed by atoms with Crippen LogP contribution in [0.1, 0.15) is 13.8 Å². The van der Waals surface area contributed by atoms with Gasteiger partial charge < -0.3 is 5.73 Å². The van der Waals surface area contributed by atoms with E-state index in [-0.39, 0.29) is 11.2 Å². The predicted molar refractivity (Wildman–Crippen MR) is 41.2 cm³/mol. The van der Waals surface area contributed by atoms with Crippen molar-refractivity contribution in [3.63, 3.8) is 0 Å². The van der Waals surface area contributed by atoms with E-state index >= 15 is 0 Å². The van der Waals surface area contributed by atoms with Crippen LogP contribution < -0.4 is 11.4 Å². The number of nitrogens with two attached hydrogens (primary N) is 1. The third kappa shape index (κ3) is 1.32. The van der Waals surface area contributed by atoms with E-state index in [4.69, 9.17) is 5.73 Å². The highest BCUT2D eigenvalue weighted by atomic mass is 16.1. The second-order valence-corrected chi connectivity index (χ2v) is 3.05. The average Bonchev–Trinajstić information content (AvgIpc) is 2.36. The minimum atomic E-state index is -0.357. The van der Waals surface area contributed by atoms with Crippen molar-refractivity contribution in [1.82, 2.24) is 14.8 Å². The highest BCUT2D eigenvalue weighted by molar-refractivity contribution is 4.81. The predicted octanol–water partition coefficient (Wildman–Crippen LogP) is -0.735. The summed E-state index contributed by atoms with van der Waals surface area (Å²) in [5.41, 5.74) is 4.89. The summed E-state index contributed by atoms with van der Waals surface area (Å²) in [4.78, 5) is 11.0. The largest absolute Gasteiger partial charge is 0.343 e. The van der Waals surface area contributed by atoms with Gasteiger partial charge in [-0.2, -0.15) is 5.10 Å². The van der Waals surface area contributed by atoms with Gasteiger partial charge in [-0.15, -0.1) is 0 Å². The molecule has 0 fully saturated rings. The molecule has 0 spiro atoms. The SMILES string of the molecule is CC(C)(CN)n1cn[nH]c1=O. The topological polar surface area (TPSA) is 76.7 Å². The molecule has 0 unspecified atom stereocenters. The Morgan fingerprint density at radius 1 is 1.82 bits per heavy atom. The first-order valence-corrected chi connectivity index (χ1v) is 3.40. The molecule has 0 bridgehead atoms. The highest BCUT2D eigenvalue weighted by Crippen LogP contribution is 2.07. The molecule has 1 aromatic heterocycles. The van der Waals surface area contributed by atoms with Crippen LogP contribution >= 0.6 is 0 Å². The molecule has 0 saturated carbocycles. The third-order valence-electron chi connectivity index (χ3n) is 1.70. The first kappa shape index (κ1) is 8.00. The number of hydrogen-bond donors (Lipinski definition) is 2. The normalized spacial score (nSPS) is 11.9. The van der Waals surface area contributed by atoms with Crippen LogP contribution in [0.15, 0.2) is 11.1 Å². The molecular weight excluding hydrogens is 144 g/mol. The molecule has 5 nitrogen and oxygen atoms in total. The molecule has 62 valence electrons. The number of aromatic amines is 1. The number of H-pyrrole nitrogens is 1. The molecule has 0 aliphatic carbocycles. The Labute approximate surface area is 64.2 Å². The van der Waals surface area contributed by atoms with Crippen molar-refractivity contribution in [1.29, 1.82) is 0 Å². The average molecular weight is 156 g/mol. The van der Waals surface area contributed by atoms with Gasteiger partial charge in [-0.3, -0.25) is 4.57 Å². The standard InChI is InChI=1S/C6H12N4O/c1-6(2,3-7)10-4-8-9-5(10)11/h4H,3,7H2,1-2H3,(H,9,11). The van der Waals surface area contributed by atoms with Gasteiger partial charge in [-0.05, 0) is 13.8 Å². The van der Waals surface area contributed by atoms with Crippen LogP contribution in [0, 0.1) is 0 Å². The monoisotopic (exact) mass is 156 g/mol. The Balaban J connectivity index is 3.11. The van der Waals surface area contributed by atoms with Crippen molar-refractivity contribution in [3.8, 4) is 0 Å². The summed E-state index contributed by atoms with van der Waals surface area (Å²) in [6.45, 7) is 4.17. The van der Waals surface area contributed by atoms with Gasteiger partial charge in [0.05, 0.1) is 5.54 Å². The van der Waals surface area contributed by atoms with Gasteiger partial charge in [-0.25, -0.2) is 9.89 Å². The molecular formula is C6H12N4O. The smallest absolute Gasteiger partial charge is 0.328 e. The first-order chi connectivity index (χ1) is 5.08. The number of rotatable bonds is 2. The Hall–Kier alpha value is -1.10. The van der Waals surface area contributed by atoms with Crippen LogP contribution in [-0.4, -0.2) is 21.3 Å². The highest BCUT2D eigenvalue weighted by Gasteiger charge is 2.19. The minimum absolute atomic E-state index is 0.222. The van der Waals surface area contributed by atoms with Crippen LogP contribution in [0.3, 0.4) is 0 Å². The zero-order valence-corrected chi connectivity index (χ0v) is 6.66. The Morgan fingerprint density at radius 3 is 2.82 bits per heavy atom. The van der Waals surface area contributed by atoms with Gasteiger partial charge in [-0.1, -0.05) is 0 Å². The van der Waals surface area contributed by atoms with Crippen molar-refractivity contribution in [2.45, 2.75) is 19.4 Å². The lowest BCUT2D eigenvalue weighted by atomic mass is 10.1. The van der Waals surface area contributed by atoms with Gasteiger partial charge >= 0.3 is 5.69 Å². The van der Waals surface area contributed by atoms with Crippen LogP contribution in [-0.2, 0) is 5.54 Å². The Morgan fingerprint density at radius 2 is 2.45 bits per heavy atom. The molecule has 0 aliphatic heterocycles. The lowest BCUT2D eigenvalue weighted by Crippen LogP contribution is -2.40. The molecule has 11 heavy (non-hydrogen) atoms. The van der Waals surface area contributed by atoms with E-state index in [1.807, 2.05) is 13.8 Å². The summed E-state index contributed by atoms with van der Waals surface area (Å²) in [5.74, 6) is 0. The fourth-order valence-corrected chi connectivity index (χ4v) is 0.778. The van der Waals surface area contributed by atoms with Crippen molar-refractivity contribution in [3.05, 3.63) is 16.8 Å². The molecule has 0 amide bonds. The molecule has 3 N–H and O–H groups in total. The fraction of sp³-hybridized carbons (Fsp3) is 0.667. The molecule has 1 heterocycles. The molecule has 0 radical (unpaired) electrons. The molecule has 0 aliphatic rings. The van der Waals surface area contributed by atoms with Crippen molar-refractivity contribution >= 4 is 0 Å². The van der Waals surface area contributed by atoms with E-state index in [0.717, 1.165) is 0 Å². The van der Waals surface area contributed by atoms with Gasteiger partial charge in [0.1, 0.15) is 6.33 Å². The van der Waals surface area contributed by atoms with E-state index in [0.29, 0.717) is 6.54 Å². The molecule has 0 aromatic carbocycles. The number of nitrogens with one attached hydrogen (secondary N) is 1. The third-order valence-corrected chi connectivity index (χ3v) is 1.70. The summed E-state index contributed by atoms with van der Waals surface area (Å²) in [5, 5.41) is 5.92.